The highest BCUT2D eigenvalue weighted by atomic mass is 32.2. The van der Waals surface area contributed by atoms with Gasteiger partial charge in [0.15, 0.2) is 5.76 Å². The van der Waals surface area contributed by atoms with E-state index in [1.807, 2.05) is 32.0 Å². The van der Waals surface area contributed by atoms with Crippen molar-refractivity contribution in [3.8, 4) is 11.3 Å². The lowest BCUT2D eigenvalue weighted by atomic mass is 10.2. The zero-order valence-electron chi connectivity index (χ0n) is 15.8. The molecule has 0 bridgehead atoms. The van der Waals surface area contributed by atoms with Gasteiger partial charge in [0.05, 0.1) is 17.1 Å². The first-order valence-electron chi connectivity index (χ1n) is 8.62. The average Bonchev–Trinajstić information content (AvgIpc) is 3.08. The van der Waals surface area contributed by atoms with Crippen LogP contribution in [0.1, 0.15) is 11.3 Å². The number of likely N-dealkylation sites (N-methyl/N-ethyl adjacent to an activating group) is 1. The van der Waals surface area contributed by atoms with Crippen LogP contribution in [-0.4, -0.2) is 37.4 Å². The predicted molar refractivity (Wildman–Crippen MR) is 106 cm³/mol. The van der Waals surface area contributed by atoms with Crippen LogP contribution in [0.3, 0.4) is 0 Å². The van der Waals surface area contributed by atoms with Crippen LogP contribution in [0.15, 0.2) is 64.0 Å². The lowest BCUT2D eigenvalue weighted by molar-refractivity contribution is -0.116. The third-order valence-corrected chi connectivity index (χ3v) is 5.96. The van der Waals surface area contributed by atoms with Crippen LogP contribution in [-0.2, 0) is 14.8 Å². The van der Waals surface area contributed by atoms with Gasteiger partial charge in [-0.05, 0) is 55.8 Å². The van der Waals surface area contributed by atoms with Crippen LogP contribution in [0.2, 0.25) is 0 Å². The van der Waals surface area contributed by atoms with E-state index in [0.717, 1.165) is 21.1 Å². The second-order valence-electron chi connectivity index (χ2n) is 6.54. The molecule has 28 heavy (non-hydrogen) atoms. The summed E-state index contributed by atoms with van der Waals surface area (Å²) in [6, 6.07) is 15.3. The minimum absolute atomic E-state index is 0.0957. The summed E-state index contributed by atoms with van der Waals surface area (Å²) in [5.74, 6) is 0.151. The molecule has 1 amide bonds. The molecule has 1 aromatic heterocycles. The fourth-order valence-corrected chi connectivity index (χ4v) is 3.81. The van der Waals surface area contributed by atoms with Crippen LogP contribution in [0.5, 0.6) is 0 Å². The third-order valence-electron chi connectivity index (χ3n) is 4.14. The summed E-state index contributed by atoms with van der Waals surface area (Å²) in [6.07, 6.45) is 0. The summed E-state index contributed by atoms with van der Waals surface area (Å²) in [4.78, 5) is 12.3. The number of aromatic nitrogens is 1. The van der Waals surface area contributed by atoms with Crippen molar-refractivity contribution < 1.29 is 17.7 Å². The molecule has 0 spiro atoms. The number of nitrogens with zero attached hydrogens (tertiary/aromatic N) is 2. The molecule has 0 unspecified atom stereocenters. The van der Waals surface area contributed by atoms with E-state index >= 15 is 0 Å². The number of carbonyl (C=O) groups excluding carboxylic acids is 1. The molecule has 0 fully saturated rings. The molecule has 0 aliphatic rings. The quantitative estimate of drug-likeness (QED) is 0.687. The van der Waals surface area contributed by atoms with E-state index in [1.165, 1.54) is 19.2 Å². The molecule has 8 heteroatoms. The number of rotatable bonds is 6. The van der Waals surface area contributed by atoms with Gasteiger partial charge in [-0.15, -0.1) is 0 Å². The van der Waals surface area contributed by atoms with E-state index < -0.39 is 15.9 Å². The maximum atomic E-state index is 12.7. The maximum Gasteiger partial charge on any atom is 0.243 e. The average molecular weight is 399 g/mol. The molecule has 146 valence electrons. The van der Waals surface area contributed by atoms with E-state index in [4.69, 9.17) is 4.52 Å². The van der Waals surface area contributed by atoms with Crippen molar-refractivity contribution >= 4 is 21.6 Å². The first-order valence-corrected chi connectivity index (χ1v) is 10.1. The van der Waals surface area contributed by atoms with Gasteiger partial charge < -0.3 is 9.84 Å². The summed E-state index contributed by atoms with van der Waals surface area (Å²) in [5.41, 5.74) is 3.09. The largest absolute Gasteiger partial charge is 0.356 e. The highest BCUT2D eigenvalue weighted by molar-refractivity contribution is 7.89. The van der Waals surface area contributed by atoms with Crippen LogP contribution in [0.4, 0.5) is 5.69 Å². The lowest BCUT2D eigenvalue weighted by Gasteiger charge is -2.17. The SMILES string of the molecule is Cc1cccc(NC(=O)CN(C)S(=O)(=O)c2ccc(-c3cc(C)no3)cc2)c1. The fourth-order valence-electron chi connectivity index (χ4n) is 2.68. The number of benzene rings is 2. The molecule has 0 saturated carbocycles. The highest BCUT2D eigenvalue weighted by Crippen LogP contribution is 2.23. The molecular formula is C20H21N3O4S. The van der Waals surface area contributed by atoms with Gasteiger partial charge in [-0.1, -0.05) is 17.3 Å². The number of amides is 1. The predicted octanol–water partition coefficient (Wildman–Crippen LogP) is 3.22. The van der Waals surface area contributed by atoms with Crippen LogP contribution in [0.25, 0.3) is 11.3 Å². The summed E-state index contributed by atoms with van der Waals surface area (Å²) in [6.45, 7) is 3.43. The molecule has 1 N–H and O–H groups in total. The molecule has 3 aromatic rings. The van der Waals surface area contributed by atoms with Crippen molar-refractivity contribution in [3.05, 3.63) is 65.9 Å². The van der Waals surface area contributed by atoms with Crippen molar-refractivity contribution in [2.45, 2.75) is 18.7 Å². The van der Waals surface area contributed by atoms with Gasteiger partial charge in [0.2, 0.25) is 15.9 Å². The Bertz CT molecular complexity index is 1090. The van der Waals surface area contributed by atoms with Gasteiger partial charge in [-0.3, -0.25) is 4.79 Å². The van der Waals surface area contributed by atoms with Crippen molar-refractivity contribution in [3.63, 3.8) is 0 Å². The zero-order valence-corrected chi connectivity index (χ0v) is 16.7. The number of hydrogen-bond acceptors (Lipinski definition) is 5. The number of hydrogen-bond donors (Lipinski definition) is 1. The standard InChI is InChI=1S/C20H21N3O4S/c1-14-5-4-6-17(11-14)21-20(24)13-23(3)28(25,26)18-9-7-16(8-10-18)19-12-15(2)22-27-19/h4-12H,13H2,1-3H3,(H,21,24). The van der Waals surface area contributed by atoms with Gasteiger partial charge in [-0.2, -0.15) is 4.31 Å². The van der Waals surface area contributed by atoms with Crippen molar-refractivity contribution in [1.82, 2.24) is 9.46 Å². The minimum atomic E-state index is -3.80. The third kappa shape index (κ3) is 4.47. The van der Waals surface area contributed by atoms with Gasteiger partial charge in [0.1, 0.15) is 0 Å². The molecule has 1 heterocycles. The fraction of sp³-hybridized carbons (Fsp3) is 0.200. The van der Waals surface area contributed by atoms with Gasteiger partial charge >= 0.3 is 0 Å². The Hall–Kier alpha value is -2.97. The molecular weight excluding hydrogens is 378 g/mol. The van der Waals surface area contributed by atoms with E-state index in [1.54, 1.807) is 24.3 Å². The minimum Gasteiger partial charge on any atom is -0.356 e. The number of aryl methyl sites for hydroxylation is 2. The number of nitrogens with one attached hydrogen (secondary N) is 1. The van der Waals surface area contributed by atoms with Gasteiger partial charge in [0.25, 0.3) is 0 Å². The molecule has 0 aliphatic carbocycles. The Morgan fingerprint density at radius 2 is 1.82 bits per heavy atom. The summed E-state index contributed by atoms with van der Waals surface area (Å²) < 4.78 is 31.7. The molecule has 2 aromatic carbocycles. The monoisotopic (exact) mass is 399 g/mol. The Balaban J connectivity index is 1.70. The van der Waals surface area contributed by atoms with E-state index in [-0.39, 0.29) is 11.4 Å². The van der Waals surface area contributed by atoms with Gasteiger partial charge in [-0.25, -0.2) is 8.42 Å². The second-order valence-corrected chi connectivity index (χ2v) is 8.58. The molecule has 7 nitrogen and oxygen atoms in total. The Morgan fingerprint density at radius 1 is 1.11 bits per heavy atom. The van der Waals surface area contributed by atoms with Crippen LogP contribution >= 0.6 is 0 Å². The number of sulfonamides is 1. The first kappa shape index (κ1) is 19.8. The Labute approximate surface area is 164 Å². The zero-order chi connectivity index (χ0) is 20.3. The van der Waals surface area contributed by atoms with Crippen LogP contribution < -0.4 is 5.32 Å². The number of anilines is 1. The maximum absolute atomic E-state index is 12.7. The topological polar surface area (TPSA) is 92.5 Å². The molecule has 3 rings (SSSR count). The first-order chi connectivity index (χ1) is 13.3. The molecule has 0 aliphatic heterocycles. The lowest BCUT2D eigenvalue weighted by Crippen LogP contribution is -2.34. The Morgan fingerprint density at radius 3 is 2.43 bits per heavy atom. The summed E-state index contributed by atoms with van der Waals surface area (Å²) in [7, 11) is -2.43. The smallest absolute Gasteiger partial charge is 0.243 e. The van der Waals surface area contributed by atoms with Crippen LogP contribution in [0, 0.1) is 13.8 Å². The van der Waals surface area contributed by atoms with Crippen molar-refractivity contribution in [1.29, 1.82) is 0 Å². The number of carbonyl (C=O) groups is 1. The van der Waals surface area contributed by atoms with Gasteiger partial charge in [0, 0.05) is 24.4 Å². The van der Waals surface area contributed by atoms with E-state index in [9.17, 15) is 13.2 Å². The van der Waals surface area contributed by atoms with E-state index in [0.29, 0.717) is 11.4 Å². The molecule has 0 saturated heterocycles. The summed E-state index contributed by atoms with van der Waals surface area (Å²) >= 11 is 0. The van der Waals surface area contributed by atoms with Crippen molar-refractivity contribution in [2.75, 3.05) is 18.9 Å². The normalized spacial score (nSPS) is 11.6. The van der Waals surface area contributed by atoms with E-state index in [2.05, 4.69) is 10.5 Å². The Kier molecular flexibility index (Phi) is 5.62. The second kappa shape index (κ2) is 7.95. The molecule has 0 radical (unpaired) electrons. The highest BCUT2D eigenvalue weighted by Gasteiger charge is 2.23. The van der Waals surface area contributed by atoms with Crippen molar-refractivity contribution in [2.24, 2.45) is 0 Å². The molecule has 0 atom stereocenters. The summed E-state index contributed by atoms with van der Waals surface area (Å²) in [5, 5.41) is 6.52.